The molecule has 0 unspecified atom stereocenters. The first-order chi connectivity index (χ1) is 21.2. The summed E-state index contributed by atoms with van der Waals surface area (Å²) >= 11 is 8.36. The van der Waals surface area contributed by atoms with Crippen molar-refractivity contribution in [2.75, 3.05) is 0 Å². The monoisotopic (exact) mass is 587 g/mol. The van der Waals surface area contributed by atoms with Gasteiger partial charge in [-0.1, -0.05) is 103 Å². The van der Waals surface area contributed by atoms with Crippen LogP contribution in [0.3, 0.4) is 0 Å². The van der Waals surface area contributed by atoms with E-state index in [0.717, 1.165) is 59.4 Å². The van der Waals surface area contributed by atoms with E-state index in [-0.39, 0.29) is 0 Å². The van der Waals surface area contributed by atoms with Crippen molar-refractivity contribution in [1.29, 1.82) is 0 Å². The second kappa shape index (κ2) is 9.50. The Morgan fingerprint density at radius 3 is 2.12 bits per heavy atom. The first kappa shape index (κ1) is 24.6. The largest absolute Gasteiger partial charge is 0.309 e. The third-order valence-electron chi connectivity index (χ3n) is 8.29. The summed E-state index contributed by atoms with van der Waals surface area (Å²) in [7, 11) is 0. The molecule has 6 aromatic carbocycles. The maximum absolute atomic E-state index is 6.61. The van der Waals surface area contributed by atoms with Crippen molar-refractivity contribution in [2.24, 2.45) is 0 Å². The fourth-order valence-electron chi connectivity index (χ4n) is 6.34. The van der Waals surface area contributed by atoms with E-state index in [4.69, 9.17) is 21.6 Å². The van der Waals surface area contributed by atoms with Crippen LogP contribution in [0.4, 0.5) is 0 Å². The van der Waals surface area contributed by atoms with Crippen LogP contribution < -0.4 is 0 Å². The molecule has 0 radical (unpaired) electrons. The molecule has 3 heterocycles. The zero-order chi connectivity index (χ0) is 28.5. The molecule has 0 spiro atoms. The minimum absolute atomic E-state index is 0.697. The number of hydrogen-bond acceptors (Lipinski definition) is 3. The Labute approximate surface area is 256 Å². The van der Waals surface area contributed by atoms with E-state index in [1.54, 1.807) is 11.3 Å². The van der Waals surface area contributed by atoms with Crippen LogP contribution in [0.25, 0.3) is 81.2 Å². The van der Waals surface area contributed by atoms with E-state index in [2.05, 4.69) is 114 Å². The van der Waals surface area contributed by atoms with Gasteiger partial charge >= 0.3 is 0 Å². The SMILES string of the molecule is Clc1ccc(-c2nc(-c3ccc4c5ccccc5n(-c5ccccc5)c4c3)c3sc4ccccc4c3n2)c2ccccc12. The molecule has 9 rings (SSSR count). The number of para-hydroxylation sites is 2. The van der Waals surface area contributed by atoms with Gasteiger partial charge in [-0.05, 0) is 47.9 Å². The van der Waals surface area contributed by atoms with Crippen LogP contribution in [0.15, 0.2) is 133 Å². The summed E-state index contributed by atoms with van der Waals surface area (Å²) in [6.45, 7) is 0. The van der Waals surface area contributed by atoms with Gasteiger partial charge in [-0.15, -0.1) is 11.3 Å². The average molecular weight is 588 g/mol. The molecule has 0 saturated heterocycles. The molecule has 0 atom stereocenters. The molecule has 202 valence electrons. The van der Waals surface area contributed by atoms with Crippen LogP contribution in [0.1, 0.15) is 0 Å². The molecule has 0 amide bonds. The van der Waals surface area contributed by atoms with Gasteiger partial charge in [0.2, 0.25) is 0 Å². The molecule has 0 saturated carbocycles. The predicted molar refractivity (Wildman–Crippen MR) is 183 cm³/mol. The van der Waals surface area contributed by atoms with Crippen LogP contribution in [-0.2, 0) is 0 Å². The molecule has 0 fully saturated rings. The second-order valence-corrected chi connectivity index (χ2v) is 12.2. The molecule has 9 aromatic rings. The minimum atomic E-state index is 0.697. The lowest BCUT2D eigenvalue weighted by Gasteiger charge is -2.11. The van der Waals surface area contributed by atoms with Crippen molar-refractivity contribution in [3.8, 4) is 28.3 Å². The van der Waals surface area contributed by atoms with Gasteiger partial charge in [-0.3, -0.25) is 0 Å². The van der Waals surface area contributed by atoms with E-state index < -0.39 is 0 Å². The maximum atomic E-state index is 6.61. The highest BCUT2D eigenvalue weighted by atomic mass is 35.5. The number of halogens is 1. The Bertz CT molecular complexity index is 2530. The van der Waals surface area contributed by atoms with Crippen molar-refractivity contribution in [2.45, 2.75) is 0 Å². The zero-order valence-electron chi connectivity index (χ0n) is 22.8. The van der Waals surface area contributed by atoms with E-state index >= 15 is 0 Å². The van der Waals surface area contributed by atoms with Crippen molar-refractivity contribution in [1.82, 2.24) is 14.5 Å². The van der Waals surface area contributed by atoms with E-state index in [0.29, 0.717) is 5.82 Å². The lowest BCUT2D eigenvalue weighted by Crippen LogP contribution is -1.96. The fourth-order valence-corrected chi connectivity index (χ4v) is 7.72. The van der Waals surface area contributed by atoms with Gasteiger partial charge in [-0.25, -0.2) is 9.97 Å². The van der Waals surface area contributed by atoms with Crippen LogP contribution >= 0.6 is 22.9 Å². The Morgan fingerprint density at radius 2 is 1.26 bits per heavy atom. The number of hydrogen-bond donors (Lipinski definition) is 0. The molecular formula is C38H22ClN3S. The van der Waals surface area contributed by atoms with Crippen molar-refractivity contribution in [3.63, 3.8) is 0 Å². The van der Waals surface area contributed by atoms with Crippen molar-refractivity contribution < 1.29 is 0 Å². The number of benzene rings is 6. The van der Waals surface area contributed by atoms with Gasteiger partial charge in [0.1, 0.15) is 0 Å². The molecule has 43 heavy (non-hydrogen) atoms. The van der Waals surface area contributed by atoms with E-state index in [1.807, 2.05) is 24.3 Å². The summed E-state index contributed by atoms with van der Waals surface area (Å²) in [5.41, 5.74) is 7.41. The van der Waals surface area contributed by atoms with Crippen molar-refractivity contribution in [3.05, 3.63) is 138 Å². The second-order valence-electron chi connectivity index (χ2n) is 10.7. The van der Waals surface area contributed by atoms with Crippen LogP contribution in [0, 0.1) is 0 Å². The summed E-state index contributed by atoms with van der Waals surface area (Å²) in [6, 6.07) is 46.6. The molecule has 0 aliphatic rings. The number of rotatable bonds is 3. The van der Waals surface area contributed by atoms with Crippen LogP contribution in [0.5, 0.6) is 0 Å². The molecule has 0 bridgehead atoms. The summed E-state index contributed by atoms with van der Waals surface area (Å²) in [5, 5.41) is 6.35. The topological polar surface area (TPSA) is 30.7 Å². The molecule has 0 aliphatic carbocycles. The minimum Gasteiger partial charge on any atom is -0.309 e. The number of thiophene rings is 1. The Hall–Kier alpha value is -5.03. The third-order valence-corrected chi connectivity index (χ3v) is 9.79. The predicted octanol–water partition coefficient (Wildman–Crippen LogP) is 11.1. The number of nitrogens with zero attached hydrogens (tertiary/aromatic N) is 3. The number of aromatic nitrogens is 3. The third kappa shape index (κ3) is 3.74. The molecule has 5 heteroatoms. The maximum Gasteiger partial charge on any atom is 0.161 e. The first-order valence-corrected chi connectivity index (χ1v) is 15.4. The van der Waals surface area contributed by atoms with Gasteiger partial charge in [-0.2, -0.15) is 0 Å². The highest BCUT2D eigenvalue weighted by Crippen LogP contribution is 2.42. The summed E-state index contributed by atoms with van der Waals surface area (Å²) in [6.07, 6.45) is 0. The molecule has 0 N–H and O–H groups in total. The lowest BCUT2D eigenvalue weighted by molar-refractivity contribution is 1.18. The zero-order valence-corrected chi connectivity index (χ0v) is 24.4. The standard InChI is InChI=1S/C38H22ClN3S/c39-31-21-20-29(25-12-4-5-13-26(25)31)38-40-35(37-36(41-38)30-15-7-9-17-34(30)43-37)23-18-19-28-27-14-6-8-16-32(27)42(33(28)22-23)24-10-2-1-3-11-24/h1-22H. The van der Waals surface area contributed by atoms with E-state index in [1.165, 1.54) is 21.0 Å². The smallest absolute Gasteiger partial charge is 0.161 e. The van der Waals surface area contributed by atoms with Gasteiger partial charge in [0.15, 0.2) is 5.82 Å². The summed E-state index contributed by atoms with van der Waals surface area (Å²) in [5.74, 6) is 0.697. The Balaban J connectivity index is 1.38. The molecule has 0 aliphatic heterocycles. The van der Waals surface area contributed by atoms with Gasteiger partial charge in [0.25, 0.3) is 0 Å². The Morgan fingerprint density at radius 1 is 0.558 bits per heavy atom. The number of fused-ring (bicyclic) bond motifs is 7. The molecule has 3 aromatic heterocycles. The summed E-state index contributed by atoms with van der Waals surface area (Å²) in [4.78, 5) is 10.5. The Kier molecular flexibility index (Phi) is 5.42. The molecule has 3 nitrogen and oxygen atoms in total. The van der Waals surface area contributed by atoms with Crippen LogP contribution in [0.2, 0.25) is 5.02 Å². The fraction of sp³-hybridized carbons (Fsp3) is 0. The quantitative estimate of drug-likeness (QED) is 0.206. The normalized spacial score (nSPS) is 11.8. The van der Waals surface area contributed by atoms with Gasteiger partial charge in [0, 0.05) is 48.1 Å². The average Bonchev–Trinajstić information content (AvgIpc) is 3.60. The highest BCUT2D eigenvalue weighted by Gasteiger charge is 2.20. The van der Waals surface area contributed by atoms with Crippen molar-refractivity contribution >= 4 is 75.8 Å². The van der Waals surface area contributed by atoms with Crippen LogP contribution in [-0.4, -0.2) is 14.5 Å². The first-order valence-electron chi connectivity index (χ1n) is 14.2. The molecular weight excluding hydrogens is 566 g/mol. The van der Waals surface area contributed by atoms with E-state index in [9.17, 15) is 0 Å². The summed E-state index contributed by atoms with van der Waals surface area (Å²) < 4.78 is 4.64. The van der Waals surface area contributed by atoms with Gasteiger partial charge < -0.3 is 4.57 Å². The highest BCUT2D eigenvalue weighted by molar-refractivity contribution is 7.26. The van der Waals surface area contributed by atoms with Gasteiger partial charge in [0.05, 0.1) is 26.9 Å². The lowest BCUT2D eigenvalue weighted by atomic mass is 10.0.